The van der Waals surface area contributed by atoms with Gasteiger partial charge in [-0.05, 0) is 59.7 Å². The lowest BCUT2D eigenvalue weighted by Gasteiger charge is -2.20. The highest BCUT2D eigenvalue weighted by Gasteiger charge is 2.45. The van der Waals surface area contributed by atoms with Crippen molar-refractivity contribution in [3.8, 4) is 0 Å². The van der Waals surface area contributed by atoms with Gasteiger partial charge in [-0.2, -0.15) is 5.10 Å². The average Bonchev–Trinajstić information content (AvgIpc) is 3.00. The van der Waals surface area contributed by atoms with E-state index in [2.05, 4.69) is 38.1 Å². The second-order valence-electron chi connectivity index (χ2n) is 6.83. The van der Waals surface area contributed by atoms with E-state index in [4.69, 9.17) is 9.72 Å². The van der Waals surface area contributed by atoms with Crippen LogP contribution in [-0.2, 0) is 11.3 Å². The maximum absolute atomic E-state index is 11.9. The molecule has 2 aromatic heterocycles. The third kappa shape index (κ3) is 3.29. The van der Waals surface area contributed by atoms with E-state index in [1.54, 1.807) is 17.8 Å². The molecule has 0 spiro atoms. The first-order valence-corrected chi connectivity index (χ1v) is 9.46. The highest BCUT2D eigenvalue weighted by atomic mass is 79.9. The number of aryl methyl sites for hydroxylation is 1. The van der Waals surface area contributed by atoms with Crippen molar-refractivity contribution in [2.75, 3.05) is 24.6 Å². The summed E-state index contributed by atoms with van der Waals surface area (Å²) in [4.78, 5) is 19.1. The van der Waals surface area contributed by atoms with Gasteiger partial charge in [0.2, 0.25) is 0 Å². The Morgan fingerprint density at radius 1 is 1.36 bits per heavy atom. The van der Waals surface area contributed by atoms with Crippen LogP contribution in [0.1, 0.15) is 35.0 Å². The van der Waals surface area contributed by atoms with E-state index in [1.165, 1.54) is 6.42 Å². The molecule has 7 heteroatoms. The summed E-state index contributed by atoms with van der Waals surface area (Å²) in [6, 6.07) is 4.21. The minimum atomic E-state index is -0.363. The van der Waals surface area contributed by atoms with Crippen LogP contribution >= 0.6 is 15.9 Å². The van der Waals surface area contributed by atoms with Gasteiger partial charge in [0.25, 0.3) is 0 Å². The molecule has 0 N–H and O–H groups in total. The number of carbonyl (C=O) groups is 1. The van der Waals surface area contributed by atoms with Crippen molar-refractivity contribution >= 4 is 27.7 Å². The number of halogens is 1. The van der Waals surface area contributed by atoms with Gasteiger partial charge in [0.15, 0.2) is 0 Å². The van der Waals surface area contributed by atoms with Gasteiger partial charge in [0.05, 0.1) is 13.2 Å². The van der Waals surface area contributed by atoms with Crippen LogP contribution < -0.4 is 4.90 Å². The van der Waals surface area contributed by atoms with Crippen molar-refractivity contribution in [1.29, 1.82) is 0 Å². The number of anilines is 1. The zero-order valence-corrected chi connectivity index (χ0v) is 16.0. The van der Waals surface area contributed by atoms with Crippen LogP contribution in [0, 0.1) is 18.8 Å². The second kappa shape index (κ2) is 6.44. The number of ether oxygens (including phenoxy) is 1. The normalized spacial score (nSPS) is 21.3. The number of hydrogen-bond donors (Lipinski definition) is 0. The number of aromatic nitrogens is 3. The van der Waals surface area contributed by atoms with Crippen LogP contribution in [0.4, 0.5) is 5.82 Å². The first kappa shape index (κ1) is 16.6. The lowest BCUT2D eigenvalue weighted by atomic mass is 10.2. The largest absolute Gasteiger partial charge is 0.462 e. The van der Waals surface area contributed by atoms with Gasteiger partial charge in [0, 0.05) is 25.0 Å². The van der Waals surface area contributed by atoms with Crippen LogP contribution in [0.3, 0.4) is 0 Å². The monoisotopic (exact) mass is 404 g/mol. The highest BCUT2D eigenvalue weighted by Crippen LogP contribution is 2.45. The Hall–Kier alpha value is -1.89. The first-order chi connectivity index (χ1) is 12.0. The maximum Gasteiger partial charge on any atom is 0.342 e. The summed E-state index contributed by atoms with van der Waals surface area (Å²) in [5.41, 5.74) is 2.54. The molecule has 2 atom stereocenters. The Labute approximate surface area is 155 Å². The van der Waals surface area contributed by atoms with Crippen LogP contribution in [0.5, 0.6) is 0 Å². The second-order valence-corrected chi connectivity index (χ2v) is 7.58. The summed E-state index contributed by atoms with van der Waals surface area (Å²) in [5, 5.41) is 4.36. The zero-order valence-electron chi connectivity index (χ0n) is 14.4. The molecule has 1 saturated heterocycles. The molecule has 2 unspecified atom stereocenters. The SMILES string of the molecule is CCOC(=O)c1cn(Cc2ccc(N3CC4CC4C3)nc2C)nc1Br. The van der Waals surface area contributed by atoms with Crippen LogP contribution in [0.15, 0.2) is 22.9 Å². The first-order valence-electron chi connectivity index (χ1n) is 8.66. The number of carbonyl (C=O) groups excluding carboxylic acids is 1. The lowest BCUT2D eigenvalue weighted by molar-refractivity contribution is 0.0525. The van der Waals surface area contributed by atoms with Gasteiger partial charge < -0.3 is 9.64 Å². The molecular weight excluding hydrogens is 384 g/mol. The molecular formula is C18H21BrN4O2. The molecule has 1 aliphatic heterocycles. The summed E-state index contributed by atoms with van der Waals surface area (Å²) >= 11 is 3.33. The zero-order chi connectivity index (χ0) is 17.6. The smallest absolute Gasteiger partial charge is 0.342 e. The van der Waals surface area contributed by atoms with E-state index in [-0.39, 0.29) is 5.97 Å². The number of nitrogens with zero attached hydrogens (tertiary/aromatic N) is 4. The Balaban J connectivity index is 1.49. The number of pyridine rings is 1. The lowest BCUT2D eigenvalue weighted by Crippen LogP contribution is -2.23. The molecule has 4 rings (SSSR count). The molecule has 0 radical (unpaired) electrons. The van der Waals surface area contributed by atoms with Gasteiger partial charge in [0.1, 0.15) is 16.0 Å². The number of fused-ring (bicyclic) bond motifs is 1. The molecule has 1 aliphatic carbocycles. The van der Waals surface area contributed by atoms with Gasteiger partial charge in [-0.1, -0.05) is 6.07 Å². The maximum atomic E-state index is 11.9. The van der Waals surface area contributed by atoms with Crippen molar-refractivity contribution in [2.24, 2.45) is 11.8 Å². The van der Waals surface area contributed by atoms with Crippen molar-refractivity contribution in [3.63, 3.8) is 0 Å². The van der Waals surface area contributed by atoms with Crippen molar-refractivity contribution in [1.82, 2.24) is 14.8 Å². The quantitative estimate of drug-likeness (QED) is 0.716. The Kier molecular flexibility index (Phi) is 4.27. The average molecular weight is 405 g/mol. The summed E-state index contributed by atoms with van der Waals surface area (Å²) < 4.78 is 7.29. The minimum absolute atomic E-state index is 0.346. The molecule has 2 aromatic rings. The van der Waals surface area contributed by atoms with Crippen LogP contribution in [0.25, 0.3) is 0 Å². The fourth-order valence-corrected chi connectivity index (χ4v) is 3.97. The Morgan fingerprint density at radius 2 is 2.12 bits per heavy atom. The predicted octanol–water partition coefficient (Wildman–Crippen LogP) is 3.03. The third-order valence-electron chi connectivity index (χ3n) is 5.03. The molecule has 0 bridgehead atoms. The molecule has 132 valence electrons. The van der Waals surface area contributed by atoms with Gasteiger partial charge in [-0.15, -0.1) is 0 Å². The minimum Gasteiger partial charge on any atom is -0.462 e. The Bertz CT molecular complexity index is 809. The molecule has 6 nitrogen and oxygen atoms in total. The fourth-order valence-electron chi connectivity index (χ4n) is 3.50. The van der Waals surface area contributed by atoms with E-state index in [1.807, 2.05) is 6.92 Å². The van der Waals surface area contributed by atoms with Crippen molar-refractivity contribution < 1.29 is 9.53 Å². The standard InChI is InChI=1S/C18H21BrN4O2/c1-3-25-18(24)15-10-23(21-17(15)19)9-12-4-5-16(20-11(12)2)22-7-13-6-14(13)8-22/h4-5,10,13-14H,3,6-9H2,1-2H3. The van der Waals surface area contributed by atoms with Gasteiger partial charge in [-0.3, -0.25) is 4.68 Å². The summed E-state index contributed by atoms with van der Waals surface area (Å²) in [7, 11) is 0. The van der Waals surface area contributed by atoms with E-state index in [9.17, 15) is 4.79 Å². The number of rotatable bonds is 5. The summed E-state index contributed by atoms with van der Waals surface area (Å²) in [6.45, 7) is 7.02. The number of piperidine rings is 1. The highest BCUT2D eigenvalue weighted by molar-refractivity contribution is 9.10. The summed E-state index contributed by atoms with van der Waals surface area (Å²) in [6.07, 6.45) is 3.11. The Morgan fingerprint density at radius 3 is 2.80 bits per heavy atom. The fraction of sp³-hybridized carbons (Fsp3) is 0.500. The molecule has 0 aromatic carbocycles. The molecule has 0 amide bonds. The number of hydrogen-bond acceptors (Lipinski definition) is 5. The topological polar surface area (TPSA) is 60.2 Å². The molecule has 2 aliphatic rings. The number of esters is 1. The van der Waals surface area contributed by atoms with E-state index in [0.717, 1.165) is 42.0 Å². The van der Waals surface area contributed by atoms with Crippen LogP contribution in [0.2, 0.25) is 0 Å². The molecule has 3 heterocycles. The van der Waals surface area contributed by atoms with E-state index in [0.29, 0.717) is 23.3 Å². The molecule has 1 saturated carbocycles. The van der Waals surface area contributed by atoms with Gasteiger partial charge >= 0.3 is 5.97 Å². The van der Waals surface area contributed by atoms with Crippen LogP contribution in [-0.4, -0.2) is 40.4 Å². The third-order valence-corrected chi connectivity index (χ3v) is 5.61. The molecule has 2 fully saturated rings. The van der Waals surface area contributed by atoms with Crippen molar-refractivity contribution in [3.05, 3.63) is 39.8 Å². The van der Waals surface area contributed by atoms with Crippen molar-refractivity contribution in [2.45, 2.75) is 26.8 Å². The van der Waals surface area contributed by atoms with Gasteiger partial charge in [-0.25, -0.2) is 9.78 Å². The van der Waals surface area contributed by atoms with E-state index < -0.39 is 0 Å². The predicted molar refractivity (Wildman–Crippen MR) is 97.8 cm³/mol. The van der Waals surface area contributed by atoms with E-state index >= 15 is 0 Å². The molecule has 25 heavy (non-hydrogen) atoms. The summed E-state index contributed by atoms with van der Waals surface area (Å²) in [5.74, 6) is 2.50.